The fourth-order valence-corrected chi connectivity index (χ4v) is 2.62. The van der Waals surface area contributed by atoms with Crippen LogP contribution >= 0.6 is 11.6 Å². The number of carbonyl (C=O) groups excluding carboxylic acids is 2. The highest BCUT2D eigenvalue weighted by molar-refractivity contribution is 6.31. The first-order chi connectivity index (χ1) is 12.4. The summed E-state index contributed by atoms with van der Waals surface area (Å²) in [6, 6.07) is 10.3. The molecular formula is C19H21ClN2O4. The van der Waals surface area contributed by atoms with Crippen molar-refractivity contribution >= 4 is 34.8 Å². The average Bonchev–Trinajstić information content (AvgIpc) is 2.62. The highest BCUT2D eigenvalue weighted by Crippen LogP contribution is 2.32. The third-order valence-corrected chi connectivity index (χ3v) is 4.31. The van der Waals surface area contributed by atoms with Gasteiger partial charge in [0.05, 0.1) is 19.9 Å². The number of rotatable bonds is 6. The van der Waals surface area contributed by atoms with E-state index in [9.17, 15) is 9.59 Å². The molecule has 2 amide bonds. The highest BCUT2D eigenvalue weighted by atomic mass is 35.5. The Kier molecular flexibility index (Phi) is 6.46. The molecule has 1 N–H and O–H groups in total. The van der Waals surface area contributed by atoms with Crippen molar-refractivity contribution in [3.8, 4) is 11.5 Å². The Morgan fingerprint density at radius 1 is 1.15 bits per heavy atom. The fourth-order valence-electron chi connectivity index (χ4n) is 2.45. The summed E-state index contributed by atoms with van der Waals surface area (Å²) in [5, 5.41) is 3.34. The van der Waals surface area contributed by atoms with Crippen molar-refractivity contribution in [2.75, 3.05) is 31.0 Å². The van der Waals surface area contributed by atoms with Crippen LogP contribution in [0.3, 0.4) is 0 Å². The molecule has 0 spiro atoms. The van der Waals surface area contributed by atoms with Gasteiger partial charge in [-0.1, -0.05) is 17.7 Å². The Morgan fingerprint density at radius 3 is 2.50 bits per heavy atom. The van der Waals surface area contributed by atoms with E-state index in [-0.39, 0.29) is 18.4 Å². The Labute approximate surface area is 157 Å². The number of nitrogens with zero attached hydrogens (tertiary/aromatic N) is 1. The van der Waals surface area contributed by atoms with Crippen molar-refractivity contribution in [3.05, 3.63) is 47.0 Å². The maximum absolute atomic E-state index is 12.5. The van der Waals surface area contributed by atoms with Crippen molar-refractivity contribution in [1.29, 1.82) is 0 Å². The first-order valence-corrected chi connectivity index (χ1v) is 8.30. The monoisotopic (exact) mass is 376 g/mol. The van der Waals surface area contributed by atoms with E-state index in [2.05, 4.69) is 5.32 Å². The number of amides is 2. The molecule has 138 valence electrons. The zero-order valence-corrected chi connectivity index (χ0v) is 15.9. The maximum Gasteiger partial charge on any atom is 0.244 e. The number of hydrogen-bond donors (Lipinski definition) is 1. The van der Waals surface area contributed by atoms with Gasteiger partial charge in [0.1, 0.15) is 18.0 Å². The van der Waals surface area contributed by atoms with E-state index >= 15 is 0 Å². The number of ether oxygens (including phenoxy) is 2. The van der Waals surface area contributed by atoms with Crippen molar-refractivity contribution in [1.82, 2.24) is 0 Å². The predicted molar refractivity (Wildman–Crippen MR) is 102 cm³/mol. The Bertz CT molecular complexity index is 823. The summed E-state index contributed by atoms with van der Waals surface area (Å²) >= 11 is 6.08. The minimum atomic E-state index is -0.351. The molecule has 6 nitrogen and oxygen atoms in total. The number of halogens is 1. The first-order valence-electron chi connectivity index (χ1n) is 7.92. The summed E-state index contributed by atoms with van der Waals surface area (Å²) in [4.78, 5) is 26.0. The lowest BCUT2D eigenvalue weighted by Crippen LogP contribution is -2.37. The molecule has 0 heterocycles. The van der Waals surface area contributed by atoms with Crippen LogP contribution in [0, 0.1) is 6.92 Å². The van der Waals surface area contributed by atoms with Gasteiger partial charge in [0, 0.05) is 23.7 Å². The van der Waals surface area contributed by atoms with Crippen LogP contribution in [-0.4, -0.2) is 32.6 Å². The van der Waals surface area contributed by atoms with E-state index in [0.29, 0.717) is 27.9 Å². The lowest BCUT2D eigenvalue weighted by atomic mass is 10.2. The van der Waals surface area contributed by atoms with Gasteiger partial charge in [0.15, 0.2) is 0 Å². The smallest absolute Gasteiger partial charge is 0.244 e. The third kappa shape index (κ3) is 4.46. The molecule has 7 heteroatoms. The number of hydrogen-bond acceptors (Lipinski definition) is 4. The number of benzene rings is 2. The van der Waals surface area contributed by atoms with Crippen LogP contribution in [0.1, 0.15) is 12.5 Å². The summed E-state index contributed by atoms with van der Waals surface area (Å²) < 4.78 is 10.5. The topological polar surface area (TPSA) is 67.9 Å². The molecular weight excluding hydrogens is 356 g/mol. The zero-order chi connectivity index (χ0) is 19.3. The molecule has 0 aliphatic heterocycles. The van der Waals surface area contributed by atoms with Gasteiger partial charge in [-0.3, -0.25) is 14.5 Å². The summed E-state index contributed by atoms with van der Waals surface area (Å²) in [5.41, 5.74) is 1.82. The number of methoxy groups -OCH3 is 2. The Morgan fingerprint density at radius 2 is 1.88 bits per heavy atom. The molecule has 0 aliphatic carbocycles. The molecule has 0 fully saturated rings. The molecule has 26 heavy (non-hydrogen) atoms. The molecule has 0 aliphatic rings. The maximum atomic E-state index is 12.5. The average molecular weight is 377 g/mol. The van der Waals surface area contributed by atoms with Crippen LogP contribution in [0.5, 0.6) is 11.5 Å². The first kappa shape index (κ1) is 19.6. The fraction of sp³-hybridized carbons (Fsp3) is 0.263. The highest BCUT2D eigenvalue weighted by Gasteiger charge is 2.21. The summed E-state index contributed by atoms with van der Waals surface area (Å²) in [6.07, 6.45) is 0. The van der Waals surface area contributed by atoms with E-state index in [4.69, 9.17) is 21.1 Å². The van der Waals surface area contributed by atoms with E-state index < -0.39 is 0 Å². The second-order valence-corrected chi connectivity index (χ2v) is 6.01. The zero-order valence-electron chi connectivity index (χ0n) is 15.1. The van der Waals surface area contributed by atoms with Gasteiger partial charge >= 0.3 is 0 Å². The van der Waals surface area contributed by atoms with Crippen molar-refractivity contribution in [2.45, 2.75) is 13.8 Å². The van der Waals surface area contributed by atoms with Crippen molar-refractivity contribution < 1.29 is 19.1 Å². The van der Waals surface area contributed by atoms with Crippen LogP contribution in [0.2, 0.25) is 5.02 Å². The molecule has 2 rings (SSSR count). The summed E-state index contributed by atoms with van der Waals surface area (Å²) in [5.74, 6) is 0.371. The van der Waals surface area contributed by atoms with Gasteiger partial charge in [-0.15, -0.1) is 0 Å². The van der Waals surface area contributed by atoms with Gasteiger partial charge in [-0.25, -0.2) is 0 Å². The largest absolute Gasteiger partial charge is 0.497 e. The van der Waals surface area contributed by atoms with Gasteiger partial charge in [0.25, 0.3) is 0 Å². The molecule has 0 atom stereocenters. The summed E-state index contributed by atoms with van der Waals surface area (Å²) in [6.45, 7) is 3.02. The molecule has 2 aromatic rings. The van der Waals surface area contributed by atoms with E-state index in [1.54, 1.807) is 36.4 Å². The second-order valence-electron chi connectivity index (χ2n) is 5.60. The quantitative estimate of drug-likeness (QED) is 0.835. The predicted octanol–water partition coefficient (Wildman–Crippen LogP) is 3.66. The van der Waals surface area contributed by atoms with Gasteiger partial charge in [-0.2, -0.15) is 0 Å². The van der Waals surface area contributed by atoms with Crippen LogP contribution in [-0.2, 0) is 9.59 Å². The lowest BCUT2D eigenvalue weighted by Gasteiger charge is -2.23. The molecule has 0 radical (unpaired) electrons. The van der Waals surface area contributed by atoms with Crippen LogP contribution in [0.4, 0.5) is 11.4 Å². The summed E-state index contributed by atoms with van der Waals surface area (Å²) in [7, 11) is 3.03. The van der Waals surface area contributed by atoms with Crippen molar-refractivity contribution in [3.63, 3.8) is 0 Å². The van der Waals surface area contributed by atoms with Crippen LogP contribution < -0.4 is 19.7 Å². The number of carbonyl (C=O) groups is 2. The number of anilines is 2. The number of nitrogens with one attached hydrogen (secondary N) is 1. The van der Waals surface area contributed by atoms with Crippen LogP contribution in [0.25, 0.3) is 0 Å². The van der Waals surface area contributed by atoms with Gasteiger partial charge in [-0.05, 0) is 36.8 Å². The van der Waals surface area contributed by atoms with Gasteiger partial charge < -0.3 is 14.8 Å². The Hall–Kier alpha value is -2.73. The SMILES string of the molecule is COc1ccc(OC)c(N(CC(=O)Nc2cccc(Cl)c2C)C(C)=O)c1. The second kappa shape index (κ2) is 8.58. The molecule has 0 saturated heterocycles. The molecule has 0 saturated carbocycles. The van der Waals surface area contributed by atoms with Crippen molar-refractivity contribution in [2.24, 2.45) is 0 Å². The normalized spacial score (nSPS) is 10.2. The minimum absolute atomic E-state index is 0.176. The lowest BCUT2D eigenvalue weighted by molar-refractivity contribution is -0.120. The van der Waals surface area contributed by atoms with E-state index in [1.165, 1.54) is 26.0 Å². The molecule has 0 unspecified atom stereocenters. The Balaban J connectivity index is 2.27. The van der Waals surface area contributed by atoms with E-state index in [1.807, 2.05) is 6.92 Å². The molecule has 2 aromatic carbocycles. The third-order valence-electron chi connectivity index (χ3n) is 3.90. The van der Waals surface area contributed by atoms with E-state index in [0.717, 1.165) is 5.56 Å². The minimum Gasteiger partial charge on any atom is -0.497 e. The molecule has 0 aromatic heterocycles. The van der Waals surface area contributed by atoms with Gasteiger partial charge in [0.2, 0.25) is 11.8 Å². The molecule has 0 bridgehead atoms. The standard InChI is InChI=1S/C19H21ClN2O4/c1-12-15(20)6-5-7-16(12)21-19(24)11-22(13(2)23)17-10-14(25-3)8-9-18(17)26-4/h5-10H,11H2,1-4H3,(H,21,24). The van der Waals surface area contributed by atoms with Crippen LogP contribution in [0.15, 0.2) is 36.4 Å².